The van der Waals surface area contributed by atoms with Gasteiger partial charge in [-0.25, -0.2) is 0 Å². The van der Waals surface area contributed by atoms with E-state index in [2.05, 4.69) is 4.74 Å². The Morgan fingerprint density at radius 2 is 2.07 bits per heavy atom. The molecule has 0 saturated carbocycles. The minimum Gasteiger partial charge on any atom is -0.496 e. The second kappa shape index (κ2) is 4.21. The van der Waals surface area contributed by atoms with Crippen molar-refractivity contribution in [2.75, 3.05) is 0 Å². The lowest BCUT2D eigenvalue weighted by atomic mass is 10.0. The van der Waals surface area contributed by atoms with Crippen LogP contribution >= 0.6 is 0 Å². The van der Waals surface area contributed by atoms with E-state index in [1.807, 2.05) is 0 Å². The lowest BCUT2D eigenvalue weighted by Gasteiger charge is -2.39. The van der Waals surface area contributed by atoms with Crippen LogP contribution in [0.2, 0.25) is 0 Å². The molecule has 1 heterocycles. The maximum Gasteiger partial charge on any atom is 0.414 e. The average molecular weight is 210 g/mol. The van der Waals surface area contributed by atoms with Gasteiger partial charge in [-0.15, -0.1) is 0 Å². The summed E-state index contributed by atoms with van der Waals surface area (Å²) in [6, 6.07) is 0. The van der Waals surface area contributed by atoms with Crippen molar-refractivity contribution in [3.63, 3.8) is 0 Å². The molecule has 1 aliphatic rings. The molecule has 3 atom stereocenters. The summed E-state index contributed by atoms with van der Waals surface area (Å²) in [6.07, 6.45) is -3.50. The predicted octanol–water partition coefficient (Wildman–Crippen LogP) is 2.64. The normalized spacial score (nSPS) is 30.1. The first-order valence-corrected chi connectivity index (χ1v) is 4.44. The van der Waals surface area contributed by atoms with Crippen LogP contribution in [0.3, 0.4) is 0 Å². The summed E-state index contributed by atoms with van der Waals surface area (Å²) in [4.78, 5) is 0. The Bertz CT molecular complexity index is 207. The van der Waals surface area contributed by atoms with Crippen molar-refractivity contribution in [1.82, 2.24) is 0 Å². The van der Waals surface area contributed by atoms with Crippen molar-refractivity contribution in [3.05, 3.63) is 12.3 Å². The van der Waals surface area contributed by atoms with Crippen LogP contribution in [0.5, 0.6) is 0 Å². The molecule has 0 aromatic carbocycles. The number of rotatable bonds is 3. The Morgan fingerprint density at radius 3 is 2.50 bits per heavy atom. The smallest absolute Gasteiger partial charge is 0.414 e. The van der Waals surface area contributed by atoms with Crippen molar-refractivity contribution in [2.45, 2.75) is 44.8 Å². The van der Waals surface area contributed by atoms with Gasteiger partial charge < -0.3 is 9.47 Å². The topological polar surface area (TPSA) is 18.5 Å². The van der Waals surface area contributed by atoms with Gasteiger partial charge in [-0.1, -0.05) is 6.08 Å². The van der Waals surface area contributed by atoms with E-state index in [1.165, 1.54) is 6.26 Å². The highest BCUT2D eigenvalue weighted by Crippen LogP contribution is 2.36. The summed E-state index contributed by atoms with van der Waals surface area (Å²) < 4.78 is 45.8. The highest BCUT2D eigenvalue weighted by atomic mass is 19.4. The van der Waals surface area contributed by atoms with Crippen LogP contribution in [0.15, 0.2) is 12.3 Å². The van der Waals surface area contributed by atoms with Crippen LogP contribution in [0.25, 0.3) is 0 Å². The predicted molar refractivity (Wildman–Crippen MR) is 44.7 cm³/mol. The lowest BCUT2D eigenvalue weighted by Crippen LogP contribution is -2.51. The molecule has 0 bridgehead atoms. The zero-order chi connectivity index (χ0) is 10.8. The van der Waals surface area contributed by atoms with Crippen molar-refractivity contribution < 1.29 is 22.6 Å². The van der Waals surface area contributed by atoms with Gasteiger partial charge in [-0.05, 0) is 13.8 Å². The monoisotopic (exact) mass is 210 g/mol. The molecular weight excluding hydrogens is 197 g/mol. The van der Waals surface area contributed by atoms with E-state index in [0.717, 1.165) is 0 Å². The highest BCUT2D eigenvalue weighted by molar-refractivity contribution is 4.87. The summed E-state index contributed by atoms with van der Waals surface area (Å²) in [5.41, 5.74) is 0. The van der Waals surface area contributed by atoms with Crippen LogP contribution in [0.4, 0.5) is 13.2 Å². The summed E-state index contributed by atoms with van der Waals surface area (Å²) in [5, 5.41) is 0. The molecule has 1 aliphatic heterocycles. The third kappa shape index (κ3) is 2.64. The zero-order valence-electron chi connectivity index (χ0n) is 8.04. The molecule has 5 heteroatoms. The fourth-order valence-electron chi connectivity index (χ4n) is 1.21. The van der Waals surface area contributed by atoms with Crippen LogP contribution in [0, 0.1) is 0 Å². The number of hydrogen-bond donors (Lipinski definition) is 0. The third-order valence-corrected chi connectivity index (χ3v) is 2.10. The van der Waals surface area contributed by atoms with Crippen LogP contribution < -0.4 is 0 Å². The first kappa shape index (κ1) is 11.4. The quantitative estimate of drug-likeness (QED) is 0.667. The van der Waals surface area contributed by atoms with Gasteiger partial charge in [0.2, 0.25) is 0 Å². The fraction of sp³-hybridized carbons (Fsp3) is 0.778. The van der Waals surface area contributed by atoms with Crippen molar-refractivity contribution >= 4 is 0 Å². The van der Waals surface area contributed by atoms with E-state index in [0.29, 0.717) is 0 Å². The van der Waals surface area contributed by atoms with Gasteiger partial charge in [-0.3, -0.25) is 0 Å². The maximum atomic E-state index is 12.0. The zero-order valence-corrected chi connectivity index (χ0v) is 8.04. The van der Waals surface area contributed by atoms with E-state index < -0.39 is 18.4 Å². The van der Waals surface area contributed by atoms with Crippen LogP contribution in [-0.4, -0.2) is 24.5 Å². The molecule has 14 heavy (non-hydrogen) atoms. The first-order chi connectivity index (χ1) is 6.45. The van der Waals surface area contributed by atoms with E-state index in [4.69, 9.17) is 4.74 Å². The Morgan fingerprint density at radius 1 is 1.50 bits per heavy atom. The number of hydrogen-bond acceptors (Lipinski definition) is 2. The van der Waals surface area contributed by atoms with Crippen LogP contribution in [0.1, 0.15) is 20.3 Å². The number of allylic oxidation sites excluding steroid dienone is 1. The molecule has 1 saturated heterocycles. The van der Waals surface area contributed by atoms with Gasteiger partial charge >= 0.3 is 6.18 Å². The molecule has 2 nitrogen and oxygen atoms in total. The molecule has 0 amide bonds. The Labute approximate surface area is 80.7 Å². The van der Waals surface area contributed by atoms with Gasteiger partial charge in [0.05, 0.1) is 12.4 Å². The minimum atomic E-state index is -4.24. The molecule has 1 fully saturated rings. The second-order valence-corrected chi connectivity index (χ2v) is 3.25. The molecule has 3 unspecified atom stereocenters. The van der Waals surface area contributed by atoms with Crippen LogP contribution in [-0.2, 0) is 9.47 Å². The number of alkyl halides is 3. The van der Waals surface area contributed by atoms with Gasteiger partial charge in [0, 0.05) is 6.42 Å². The van der Waals surface area contributed by atoms with E-state index >= 15 is 0 Å². The van der Waals surface area contributed by atoms with Gasteiger partial charge in [0.1, 0.15) is 6.10 Å². The molecule has 0 radical (unpaired) electrons. The molecular formula is C9H13F3O2. The Kier molecular flexibility index (Phi) is 3.42. The van der Waals surface area contributed by atoms with Crippen molar-refractivity contribution in [2.24, 2.45) is 0 Å². The standard InChI is InChI=1S/C9H13F3O2/c1-3-4-13-6(2)7-5-8(14-7)9(10,11)12/h3-4,6-8H,5H2,1-2H3. The number of ether oxygens (including phenoxy) is 2. The van der Waals surface area contributed by atoms with Crippen molar-refractivity contribution in [3.8, 4) is 0 Å². The lowest BCUT2D eigenvalue weighted by molar-refractivity contribution is -0.298. The SMILES string of the molecule is CC=COC(C)C1CC(C(F)(F)F)O1. The number of halogens is 3. The molecule has 1 rings (SSSR count). The first-order valence-electron chi connectivity index (χ1n) is 4.44. The minimum absolute atomic E-state index is 0.0117. The van der Waals surface area contributed by atoms with E-state index in [1.54, 1.807) is 19.9 Å². The van der Waals surface area contributed by atoms with Gasteiger partial charge in [0.15, 0.2) is 6.10 Å². The molecule has 0 spiro atoms. The second-order valence-electron chi connectivity index (χ2n) is 3.25. The Hall–Kier alpha value is -0.710. The van der Waals surface area contributed by atoms with Gasteiger partial charge in [-0.2, -0.15) is 13.2 Å². The molecule has 0 aromatic rings. The summed E-state index contributed by atoms with van der Waals surface area (Å²) in [7, 11) is 0. The van der Waals surface area contributed by atoms with E-state index in [-0.39, 0.29) is 12.5 Å². The Balaban J connectivity index is 2.27. The molecule has 82 valence electrons. The molecule has 0 aliphatic carbocycles. The fourth-order valence-corrected chi connectivity index (χ4v) is 1.21. The summed E-state index contributed by atoms with van der Waals surface area (Å²) in [6.45, 7) is 3.46. The highest BCUT2D eigenvalue weighted by Gasteiger charge is 2.51. The average Bonchev–Trinajstić information content (AvgIpc) is 1.94. The van der Waals surface area contributed by atoms with Crippen molar-refractivity contribution in [1.29, 1.82) is 0 Å². The summed E-state index contributed by atoms with van der Waals surface area (Å²) >= 11 is 0. The third-order valence-electron chi connectivity index (χ3n) is 2.10. The maximum absolute atomic E-state index is 12.0. The summed E-state index contributed by atoms with van der Waals surface area (Å²) in [5.74, 6) is 0. The largest absolute Gasteiger partial charge is 0.496 e. The van der Waals surface area contributed by atoms with E-state index in [9.17, 15) is 13.2 Å². The molecule has 0 N–H and O–H groups in total. The van der Waals surface area contributed by atoms with Gasteiger partial charge in [0.25, 0.3) is 0 Å². The molecule has 0 aromatic heterocycles.